The Morgan fingerprint density at radius 1 is 1.28 bits per heavy atom. The molecule has 4 N–H and O–H groups in total. The first-order valence-corrected chi connectivity index (χ1v) is 16.7. The molecule has 5 rings (SSSR count). The number of benzene rings is 1. The average Bonchev–Trinajstić information content (AvgIpc) is 3.39. The van der Waals surface area contributed by atoms with E-state index in [2.05, 4.69) is 43.0 Å². The zero-order valence-electron chi connectivity index (χ0n) is 22.1. The van der Waals surface area contributed by atoms with Crippen molar-refractivity contribution in [1.82, 2.24) is 14.8 Å². The number of ether oxygens (including phenoxy) is 1. The highest BCUT2D eigenvalue weighted by atomic mass is 28.3. The number of aliphatic hydroxyl groups excluding tert-OH is 1. The van der Waals surface area contributed by atoms with Crippen molar-refractivity contribution in [2.45, 2.75) is 77.0 Å². The molecular weight excluding hydrogens is 470 g/mol. The van der Waals surface area contributed by atoms with Crippen LogP contribution in [0.15, 0.2) is 18.3 Å². The van der Waals surface area contributed by atoms with Gasteiger partial charge in [-0.1, -0.05) is 19.6 Å². The predicted molar refractivity (Wildman–Crippen MR) is 146 cm³/mol. The molecule has 2 aromatic heterocycles. The number of β-amino-alcohol motifs (C(OH)–C–C–N with tert-alkyl or cyclic N) is 1. The molecule has 8 nitrogen and oxygen atoms in total. The Morgan fingerprint density at radius 2 is 2.06 bits per heavy atom. The van der Waals surface area contributed by atoms with E-state index in [1.165, 1.54) is 11.1 Å². The Morgan fingerprint density at radius 3 is 2.78 bits per heavy atom. The highest BCUT2D eigenvalue weighted by Crippen LogP contribution is 2.46. The quantitative estimate of drug-likeness (QED) is 0.316. The van der Waals surface area contributed by atoms with Crippen LogP contribution >= 0.6 is 0 Å². The van der Waals surface area contributed by atoms with Gasteiger partial charge in [-0.05, 0) is 68.0 Å². The van der Waals surface area contributed by atoms with E-state index in [0.717, 1.165) is 65.5 Å². The third-order valence-corrected chi connectivity index (χ3v) is 9.30. The van der Waals surface area contributed by atoms with Crippen molar-refractivity contribution in [3.8, 4) is 11.4 Å². The fourth-order valence-electron chi connectivity index (χ4n) is 5.41. The van der Waals surface area contributed by atoms with E-state index in [-0.39, 0.29) is 19.0 Å². The minimum absolute atomic E-state index is 0.00102. The minimum atomic E-state index is -1.12. The van der Waals surface area contributed by atoms with Crippen molar-refractivity contribution >= 4 is 30.6 Å². The second-order valence-corrected chi connectivity index (χ2v) is 17.7. The van der Waals surface area contributed by atoms with Gasteiger partial charge in [-0.15, -0.1) is 0 Å². The van der Waals surface area contributed by atoms with Crippen molar-refractivity contribution in [2.75, 3.05) is 24.6 Å². The molecule has 1 amide bonds. The number of H-pyrrole nitrogens is 1. The number of nitrogens with one attached hydrogen (secondary N) is 1. The maximum Gasteiger partial charge on any atom is 0.237 e. The number of aliphatic hydroxyl groups is 1. The number of hydrogen-bond donors (Lipinski definition) is 3. The summed E-state index contributed by atoms with van der Waals surface area (Å²) in [6.45, 7) is 12.5. The SMILES string of the molecule is CC1(C)C(=O)N(CC(O)CN)c2cc3c4c([nH]c3cc21)-c1nn(COCC[Si](C)(C)C)cc1CCC4. The number of aromatic amines is 1. The molecule has 9 heteroatoms. The third kappa shape index (κ3) is 4.42. The van der Waals surface area contributed by atoms with Gasteiger partial charge < -0.3 is 25.5 Å². The van der Waals surface area contributed by atoms with Gasteiger partial charge in [0.2, 0.25) is 5.91 Å². The summed E-state index contributed by atoms with van der Waals surface area (Å²) in [5.41, 5.74) is 12.4. The van der Waals surface area contributed by atoms with Gasteiger partial charge in [-0.3, -0.25) is 4.79 Å². The number of anilines is 1. The van der Waals surface area contributed by atoms with Gasteiger partial charge in [0.15, 0.2) is 0 Å². The molecule has 1 aromatic carbocycles. The lowest BCUT2D eigenvalue weighted by atomic mass is 9.85. The molecule has 0 saturated heterocycles. The molecule has 0 radical (unpaired) electrons. The van der Waals surface area contributed by atoms with Crippen LogP contribution in [0, 0.1) is 0 Å². The van der Waals surface area contributed by atoms with E-state index in [4.69, 9.17) is 15.6 Å². The summed E-state index contributed by atoms with van der Waals surface area (Å²) in [7, 11) is -1.12. The summed E-state index contributed by atoms with van der Waals surface area (Å²) in [6.07, 6.45) is 4.32. The molecule has 2 aliphatic rings. The monoisotopic (exact) mass is 509 g/mol. The summed E-state index contributed by atoms with van der Waals surface area (Å²) in [5.74, 6) is -0.00102. The number of carbonyl (C=O) groups is 1. The highest BCUT2D eigenvalue weighted by molar-refractivity contribution is 6.76. The molecule has 0 saturated carbocycles. The summed E-state index contributed by atoms with van der Waals surface area (Å²) < 4.78 is 7.87. The van der Waals surface area contributed by atoms with Crippen LogP contribution < -0.4 is 10.6 Å². The van der Waals surface area contributed by atoms with Gasteiger partial charge in [-0.25, -0.2) is 4.68 Å². The molecule has 1 aliphatic carbocycles. The lowest BCUT2D eigenvalue weighted by Crippen LogP contribution is -2.42. The fraction of sp³-hybridized carbons (Fsp3) is 0.556. The van der Waals surface area contributed by atoms with Gasteiger partial charge in [0.25, 0.3) is 0 Å². The normalized spacial score (nSPS) is 17.8. The fourth-order valence-corrected chi connectivity index (χ4v) is 6.17. The van der Waals surface area contributed by atoms with Crippen LogP contribution in [-0.4, -0.2) is 59.7 Å². The van der Waals surface area contributed by atoms with Gasteiger partial charge in [0.05, 0.1) is 23.8 Å². The summed E-state index contributed by atoms with van der Waals surface area (Å²) in [4.78, 5) is 18.6. The van der Waals surface area contributed by atoms with Gasteiger partial charge in [0.1, 0.15) is 12.4 Å². The first-order valence-electron chi connectivity index (χ1n) is 13.0. The smallest absolute Gasteiger partial charge is 0.237 e. The molecule has 0 fully saturated rings. The van der Waals surface area contributed by atoms with Crippen LogP contribution in [0.2, 0.25) is 25.7 Å². The molecule has 3 aromatic rings. The molecule has 0 bridgehead atoms. The number of rotatable bonds is 8. The van der Waals surface area contributed by atoms with Crippen LogP contribution in [0.25, 0.3) is 22.3 Å². The maximum absolute atomic E-state index is 13.3. The first-order chi connectivity index (χ1) is 17.0. The van der Waals surface area contributed by atoms with Crippen molar-refractivity contribution in [1.29, 1.82) is 0 Å². The average molecular weight is 510 g/mol. The van der Waals surface area contributed by atoms with Gasteiger partial charge in [0, 0.05) is 44.0 Å². The van der Waals surface area contributed by atoms with E-state index in [0.29, 0.717) is 6.73 Å². The number of amides is 1. The standard InChI is InChI=1S/C27H39N5O3Si/c1-27(2)21-12-22-20(11-23(21)32(26(27)34)15-18(33)13-28)19-8-6-7-17-14-31(30-24(17)25(19)29-22)16-35-9-10-36(3,4)5/h11-12,14,18,29,33H,6-10,13,15-16,28H2,1-5H3. The van der Waals surface area contributed by atoms with Crippen LogP contribution in [-0.2, 0) is 34.5 Å². The molecule has 36 heavy (non-hydrogen) atoms. The van der Waals surface area contributed by atoms with Crippen molar-refractivity contribution in [2.24, 2.45) is 5.73 Å². The van der Waals surface area contributed by atoms with Crippen LogP contribution in [0.4, 0.5) is 5.69 Å². The summed E-state index contributed by atoms with van der Waals surface area (Å²) in [6, 6.07) is 5.38. The Kier molecular flexibility index (Phi) is 6.39. The first kappa shape index (κ1) is 25.2. The number of fused-ring (bicyclic) bond motifs is 6. The Balaban J connectivity index is 1.50. The van der Waals surface area contributed by atoms with E-state index >= 15 is 0 Å². The number of aryl methyl sites for hydroxylation is 2. The Bertz CT molecular complexity index is 1300. The zero-order chi connectivity index (χ0) is 25.8. The van der Waals surface area contributed by atoms with Crippen molar-refractivity contribution in [3.05, 3.63) is 35.0 Å². The van der Waals surface area contributed by atoms with E-state index in [1.54, 1.807) is 4.90 Å². The Hall–Kier alpha value is -2.46. The summed E-state index contributed by atoms with van der Waals surface area (Å²) >= 11 is 0. The molecule has 1 atom stereocenters. The van der Waals surface area contributed by atoms with Gasteiger partial charge >= 0.3 is 0 Å². The van der Waals surface area contributed by atoms with E-state index in [1.807, 2.05) is 18.5 Å². The summed E-state index contributed by atoms with van der Waals surface area (Å²) in [5, 5.41) is 16.3. The van der Waals surface area contributed by atoms with Crippen LogP contribution in [0.3, 0.4) is 0 Å². The van der Waals surface area contributed by atoms with E-state index in [9.17, 15) is 9.90 Å². The number of aromatic nitrogens is 3. The molecule has 1 aliphatic heterocycles. The van der Waals surface area contributed by atoms with Crippen molar-refractivity contribution < 1.29 is 14.6 Å². The highest BCUT2D eigenvalue weighted by Gasteiger charge is 2.44. The largest absolute Gasteiger partial charge is 0.390 e. The number of nitrogens with two attached hydrogens (primary N) is 1. The molecule has 194 valence electrons. The number of nitrogens with zero attached hydrogens (tertiary/aromatic N) is 3. The second-order valence-electron chi connectivity index (χ2n) is 12.1. The lowest BCUT2D eigenvalue weighted by molar-refractivity contribution is -0.122. The van der Waals surface area contributed by atoms with Gasteiger partial charge in [-0.2, -0.15) is 5.10 Å². The topological polar surface area (TPSA) is 109 Å². The molecular formula is C27H39N5O3Si. The Labute approximate surface area is 213 Å². The minimum Gasteiger partial charge on any atom is -0.390 e. The van der Waals surface area contributed by atoms with Crippen molar-refractivity contribution in [3.63, 3.8) is 0 Å². The zero-order valence-corrected chi connectivity index (χ0v) is 23.1. The van der Waals surface area contributed by atoms with E-state index < -0.39 is 19.6 Å². The molecule has 3 heterocycles. The predicted octanol–water partition coefficient (Wildman–Crippen LogP) is 3.78. The third-order valence-electron chi connectivity index (χ3n) is 7.60. The molecule has 1 unspecified atom stereocenters. The van der Waals surface area contributed by atoms with Crippen LogP contribution in [0.1, 0.15) is 37.0 Å². The maximum atomic E-state index is 13.3. The number of hydrogen-bond acceptors (Lipinski definition) is 5. The lowest BCUT2D eigenvalue weighted by Gasteiger charge is -2.22. The number of carbonyl (C=O) groups excluding carboxylic acids is 1. The second kappa shape index (κ2) is 9.13. The molecule has 0 spiro atoms. The van der Waals surface area contributed by atoms with Crippen LogP contribution in [0.5, 0.6) is 0 Å².